The number of carboxylic acid groups (broad SMARTS) is 2. The molecule has 0 aromatic heterocycles. The lowest BCUT2D eigenvalue weighted by Crippen LogP contribution is -2.31. The van der Waals surface area contributed by atoms with Gasteiger partial charge in [0.15, 0.2) is 0 Å². The summed E-state index contributed by atoms with van der Waals surface area (Å²) in [5.74, 6) is -1.74. The smallest absolute Gasteiger partial charge is 0.323 e. The normalized spacial score (nSPS) is 22.5. The topological polar surface area (TPSA) is 158 Å². The highest BCUT2D eigenvalue weighted by Gasteiger charge is 2.46. The van der Waals surface area contributed by atoms with Crippen LogP contribution >= 0.6 is 0 Å². The molecule has 7 nitrogen and oxygen atoms in total. The van der Waals surface area contributed by atoms with Crippen LogP contribution in [0.2, 0.25) is 0 Å². The summed E-state index contributed by atoms with van der Waals surface area (Å²) in [6, 6.07) is 0. The molecule has 2 aliphatic rings. The van der Waals surface area contributed by atoms with E-state index in [4.69, 9.17) is 21.7 Å². The molecular formula is C8H16N2O5. The van der Waals surface area contributed by atoms with Gasteiger partial charge in [-0.05, 0) is 25.7 Å². The van der Waals surface area contributed by atoms with E-state index in [9.17, 15) is 9.59 Å². The molecular weight excluding hydrogens is 204 g/mol. The van der Waals surface area contributed by atoms with E-state index in [-0.39, 0.29) is 5.48 Å². The molecule has 0 heterocycles. The van der Waals surface area contributed by atoms with Crippen molar-refractivity contribution in [3.8, 4) is 0 Å². The predicted octanol–water partition coefficient (Wildman–Crippen LogP) is -1.70. The Morgan fingerprint density at radius 3 is 1.07 bits per heavy atom. The van der Waals surface area contributed by atoms with Gasteiger partial charge in [0, 0.05) is 0 Å². The zero-order valence-corrected chi connectivity index (χ0v) is 8.19. The highest BCUT2D eigenvalue weighted by molar-refractivity contribution is 5.82. The van der Waals surface area contributed by atoms with Crippen LogP contribution in [0.1, 0.15) is 25.7 Å². The first-order valence-electron chi connectivity index (χ1n) is 4.35. The van der Waals surface area contributed by atoms with Gasteiger partial charge in [-0.1, -0.05) is 0 Å². The van der Waals surface area contributed by atoms with Crippen molar-refractivity contribution in [1.82, 2.24) is 0 Å². The Bertz CT molecular complexity index is 242. The van der Waals surface area contributed by atoms with E-state index in [1.54, 1.807) is 0 Å². The predicted molar refractivity (Wildman–Crippen MR) is 51.2 cm³/mol. The molecule has 2 fully saturated rings. The average molecular weight is 220 g/mol. The van der Waals surface area contributed by atoms with Gasteiger partial charge in [-0.15, -0.1) is 0 Å². The monoisotopic (exact) mass is 220 g/mol. The lowest BCUT2D eigenvalue weighted by molar-refractivity contribution is -0.140. The molecule has 0 aromatic carbocycles. The number of rotatable bonds is 2. The molecule has 88 valence electrons. The summed E-state index contributed by atoms with van der Waals surface area (Å²) in [6.45, 7) is 0. The third-order valence-electron chi connectivity index (χ3n) is 2.43. The SMILES string of the molecule is NC1(C(=O)O)CC1.NC1(C(=O)O)CC1.O. The Labute approximate surface area is 86.4 Å². The minimum atomic E-state index is -0.868. The molecule has 2 aliphatic carbocycles. The van der Waals surface area contributed by atoms with Crippen LogP contribution in [0.3, 0.4) is 0 Å². The number of carbonyl (C=O) groups is 2. The Morgan fingerprint density at radius 2 is 1.07 bits per heavy atom. The second-order valence-electron chi connectivity index (χ2n) is 3.92. The van der Waals surface area contributed by atoms with Crippen molar-refractivity contribution in [1.29, 1.82) is 0 Å². The van der Waals surface area contributed by atoms with Crippen LogP contribution in [0.4, 0.5) is 0 Å². The van der Waals surface area contributed by atoms with Crippen molar-refractivity contribution in [3.05, 3.63) is 0 Å². The van der Waals surface area contributed by atoms with Crippen LogP contribution in [0, 0.1) is 0 Å². The van der Waals surface area contributed by atoms with Gasteiger partial charge in [0.25, 0.3) is 0 Å². The Balaban J connectivity index is 0.000000245. The van der Waals surface area contributed by atoms with Crippen molar-refractivity contribution in [2.45, 2.75) is 36.8 Å². The zero-order valence-electron chi connectivity index (χ0n) is 8.19. The molecule has 2 saturated carbocycles. The van der Waals surface area contributed by atoms with E-state index in [0.29, 0.717) is 25.7 Å². The molecule has 15 heavy (non-hydrogen) atoms. The molecule has 2 rings (SSSR count). The van der Waals surface area contributed by atoms with E-state index >= 15 is 0 Å². The van der Waals surface area contributed by atoms with Crippen LogP contribution in [0.15, 0.2) is 0 Å². The van der Waals surface area contributed by atoms with Gasteiger partial charge >= 0.3 is 11.9 Å². The van der Waals surface area contributed by atoms with Crippen LogP contribution in [-0.2, 0) is 9.59 Å². The van der Waals surface area contributed by atoms with Crippen LogP contribution in [0.5, 0.6) is 0 Å². The number of nitrogens with two attached hydrogens (primary N) is 2. The van der Waals surface area contributed by atoms with E-state index < -0.39 is 23.0 Å². The molecule has 8 N–H and O–H groups in total. The Kier molecular flexibility index (Phi) is 3.81. The van der Waals surface area contributed by atoms with Gasteiger partial charge in [-0.2, -0.15) is 0 Å². The lowest BCUT2D eigenvalue weighted by atomic mass is 10.3. The summed E-state index contributed by atoms with van der Waals surface area (Å²) < 4.78 is 0. The molecule has 0 bridgehead atoms. The average Bonchev–Trinajstić information content (AvgIpc) is 2.93. The largest absolute Gasteiger partial charge is 0.480 e. The number of hydrogen-bond donors (Lipinski definition) is 4. The summed E-state index contributed by atoms with van der Waals surface area (Å²) in [4.78, 5) is 19.9. The van der Waals surface area contributed by atoms with E-state index in [2.05, 4.69) is 0 Å². The summed E-state index contributed by atoms with van der Waals surface area (Å²) in [7, 11) is 0. The Morgan fingerprint density at radius 1 is 0.867 bits per heavy atom. The molecule has 0 aliphatic heterocycles. The zero-order chi connectivity index (χ0) is 11.0. The van der Waals surface area contributed by atoms with E-state index in [1.807, 2.05) is 0 Å². The van der Waals surface area contributed by atoms with Gasteiger partial charge in [-0.3, -0.25) is 9.59 Å². The summed E-state index contributed by atoms with van der Waals surface area (Å²) in [6.07, 6.45) is 2.56. The maximum Gasteiger partial charge on any atom is 0.323 e. The molecule has 0 saturated heterocycles. The first kappa shape index (κ1) is 13.8. The summed E-state index contributed by atoms with van der Waals surface area (Å²) in [5, 5.41) is 16.4. The second kappa shape index (κ2) is 4.13. The van der Waals surface area contributed by atoms with Gasteiger partial charge in [0.05, 0.1) is 0 Å². The maximum absolute atomic E-state index is 9.96. The second-order valence-corrected chi connectivity index (χ2v) is 3.92. The van der Waals surface area contributed by atoms with Gasteiger partial charge in [0.2, 0.25) is 0 Å². The van der Waals surface area contributed by atoms with Crippen molar-refractivity contribution in [2.24, 2.45) is 11.5 Å². The van der Waals surface area contributed by atoms with Crippen molar-refractivity contribution >= 4 is 11.9 Å². The summed E-state index contributed by atoms with van der Waals surface area (Å²) >= 11 is 0. The van der Waals surface area contributed by atoms with Gasteiger partial charge < -0.3 is 27.2 Å². The quantitative estimate of drug-likeness (QED) is 0.434. The van der Waals surface area contributed by atoms with Gasteiger partial charge in [0.1, 0.15) is 11.1 Å². The minimum Gasteiger partial charge on any atom is -0.480 e. The van der Waals surface area contributed by atoms with Crippen molar-refractivity contribution in [3.63, 3.8) is 0 Å². The van der Waals surface area contributed by atoms with E-state index in [0.717, 1.165) is 0 Å². The van der Waals surface area contributed by atoms with Crippen LogP contribution < -0.4 is 11.5 Å². The fourth-order valence-electron chi connectivity index (χ4n) is 0.697. The lowest BCUT2D eigenvalue weighted by Gasteiger charge is -1.95. The van der Waals surface area contributed by atoms with Crippen LogP contribution in [-0.4, -0.2) is 38.7 Å². The number of aliphatic carboxylic acids is 2. The van der Waals surface area contributed by atoms with Crippen molar-refractivity contribution < 1.29 is 25.3 Å². The van der Waals surface area contributed by atoms with Gasteiger partial charge in [-0.25, -0.2) is 0 Å². The molecule has 7 heteroatoms. The third kappa shape index (κ3) is 3.46. The molecule has 0 aromatic rings. The third-order valence-corrected chi connectivity index (χ3v) is 2.43. The number of hydrogen-bond acceptors (Lipinski definition) is 4. The summed E-state index contributed by atoms with van der Waals surface area (Å²) in [5.41, 5.74) is 8.71. The van der Waals surface area contributed by atoms with Crippen LogP contribution in [0.25, 0.3) is 0 Å². The first-order chi connectivity index (χ1) is 6.30. The Hall–Kier alpha value is -1.18. The van der Waals surface area contributed by atoms with Crippen molar-refractivity contribution in [2.75, 3.05) is 0 Å². The molecule has 0 spiro atoms. The fourth-order valence-corrected chi connectivity index (χ4v) is 0.697. The molecule has 0 unspecified atom stereocenters. The number of carboxylic acids is 2. The maximum atomic E-state index is 9.96. The highest BCUT2D eigenvalue weighted by Crippen LogP contribution is 2.32. The highest BCUT2D eigenvalue weighted by atomic mass is 16.4. The standard InChI is InChI=1S/2C4H7NO2.H2O/c2*5-4(1-2-4)3(6)7;/h2*1-2,5H2,(H,6,7);1H2. The molecule has 0 radical (unpaired) electrons. The molecule has 0 atom stereocenters. The molecule has 0 amide bonds. The minimum absolute atomic E-state index is 0. The van der Waals surface area contributed by atoms with E-state index in [1.165, 1.54) is 0 Å². The fraction of sp³-hybridized carbons (Fsp3) is 0.750. The first-order valence-corrected chi connectivity index (χ1v) is 4.35.